The summed E-state index contributed by atoms with van der Waals surface area (Å²) >= 11 is 0. The van der Waals surface area contributed by atoms with Crippen LogP contribution in [-0.4, -0.2) is 36.7 Å². The van der Waals surface area contributed by atoms with Crippen molar-refractivity contribution in [2.24, 2.45) is 11.8 Å². The van der Waals surface area contributed by atoms with Crippen LogP contribution in [-0.2, 0) is 18.9 Å². The molecule has 0 radical (unpaired) electrons. The van der Waals surface area contributed by atoms with Crippen LogP contribution in [0.2, 0.25) is 0 Å². The quantitative estimate of drug-likeness (QED) is 0.593. The van der Waals surface area contributed by atoms with E-state index in [4.69, 9.17) is 18.9 Å². The summed E-state index contributed by atoms with van der Waals surface area (Å²) in [5.74, 6) is 0.635. The Morgan fingerprint density at radius 2 is 1.35 bits per heavy atom. The lowest BCUT2D eigenvalue weighted by atomic mass is 9.78. The first-order chi connectivity index (χ1) is 8.20. The van der Waals surface area contributed by atoms with Crippen LogP contribution in [0, 0.1) is 11.8 Å². The molecule has 0 aromatic carbocycles. The summed E-state index contributed by atoms with van der Waals surface area (Å²) in [6.07, 6.45) is 0.576. The molecule has 2 saturated carbocycles. The van der Waals surface area contributed by atoms with Crippen molar-refractivity contribution in [1.29, 1.82) is 0 Å². The van der Waals surface area contributed by atoms with Crippen LogP contribution in [0.25, 0.3) is 0 Å². The van der Waals surface area contributed by atoms with E-state index >= 15 is 0 Å². The van der Waals surface area contributed by atoms with Gasteiger partial charge in [0, 0.05) is 5.92 Å². The highest BCUT2D eigenvalue weighted by atomic mass is 16.8. The maximum atomic E-state index is 11.1. The number of carbonyl (C=O) groups is 2. The average Bonchev–Trinajstić information content (AvgIpc) is 2.86. The molecule has 6 unspecified atom stereocenters. The first-order valence-corrected chi connectivity index (χ1v) is 5.95. The van der Waals surface area contributed by atoms with Gasteiger partial charge in [-0.25, -0.2) is 9.59 Å². The van der Waals surface area contributed by atoms with E-state index < -0.39 is 12.3 Å². The third-order valence-electron chi connectivity index (χ3n) is 4.36. The standard InChI is InChI=1S/C11H12O6/c12-10-14-6-1-4-2-8-9(17-11(13)16-8)5(4)3-7(6)15-10/h4-9H,1-3H2. The molecule has 2 aliphatic heterocycles. The predicted molar refractivity (Wildman–Crippen MR) is 51.1 cm³/mol. The van der Waals surface area contributed by atoms with Crippen molar-refractivity contribution >= 4 is 12.3 Å². The summed E-state index contributed by atoms with van der Waals surface area (Å²) < 4.78 is 20.5. The van der Waals surface area contributed by atoms with E-state index in [9.17, 15) is 9.59 Å². The lowest BCUT2D eigenvalue weighted by Crippen LogP contribution is -2.38. The molecule has 2 heterocycles. The van der Waals surface area contributed by atoms with Gasteiger partial charge in [-0.05, 0) is 25.2 Å². The summed E-state index contributed by atoms with van der Waals surface area (Å²) in [5, 5.41) is 0. The molecule has 2 saturated heterocycles. The number of ether oxygens (including phenoxy) is 4. The number of rotatable bonds is 0. The lowest BCUT2D eigenvalue weighted by molar-refractivity contribution is 0.0133. The first-order valence-electron chi connectivity index (χ1n) is 5.95. The summed E-state index contributed by atoms with van der Waals surface area (Å²) in [7, 11) is 0. The van der Waals surface area contributed by atoms with Gasteiger partial charge in [0.1, 0.15) is 24.4 Å². The molecule has 4 aliphatic rings. The second kappa shape index (κ2) is 3.05. The van der Waals surface area contributed by atoms with Crippen LogP contribution >= 0.6 is 0 Å². The summed E-state index contributed by atoms with van der Waals surface area (Å²) in [4.78, 5) is 22.1. The van der Waals surface area contributed by atoms with E-state index in [1.165, 1.54) is 0 Å². The minimum Gasteiger partial charge on any atom is -0.427 e. The molecule has 2 aliphatic carbocycles. The van der Waals surface area contributed by atoms with Gasteiger partial charge < -0.3 is 18.9 Å². The van der Waals surface area contributed by atoms with Crippen LogP contribution in [0.4, 0.5) is 9.59 Å². The van der Waals surface area contributed by atoms with Crippen LogP contribution in [0.5, 0.6) is 0 Å². The van der Waals surface area contributed by atoms with Crippen molar-refractivity contribution in [2.45, 2.75) is 43.7 Å². The third kappa shape index (κ3) is 1.26. The highest BCUT2D eigenvalue weighted by Crippen LogP contribution is 2.49. The van der Waals surface area contributed by atoms with Crippen molar-refractivity contribution < 1.29 is 28.5 Å². The molecule has 0 spiro atoms. The molecule has 0 amide bonds. The minimum absolute atomic E-state index is 0.118. The largest absolute Gasteiger partial charge is 0.509 e. The van der Waals surface area contributed by atoms with Crippen molar-refractivity contribution in [3.05, 3.63) is 0 Å². The maximum Gasteiger partial charge on any atom is 0.509 e. The fourth-order valence-corrected chi connectivity index (χ4v) is 3.68. The van der Waals surface area contributed by atoms with Gasteiger partial charge in [-0.2, -0.15) is 0 Å². The number of hydrogen-bond donors (Lipinski definition) is 0. The van der Waals surface area contributed by atoms with Crippen LogP contribution in [0.3, 0.4) is 0 Å². The Kier molecular flexibility index (Phi) is 1.72. The average molecular weight is 240 g/mol. The van der Waals surface area contributed by atoms with Gasteiger partial charge in [0.15, 0.2) is 0 Å². The predicted octanol–water partition coefficient (Wildman–Crippen LogP) is 1.22. The second-order valence-corrected chi connectivity index (χ2v) is 5.18. The van der Waals surface area contributed by atoms with Gasteiger partial charge >= 0.3 is 12.3 Å². The van der Waals surface area contributed by atoms with E-state index in [0.717, 1.165) is 12.8 Å². The van der Waals surface area contributed by atoms with E-state index in [1.54, 1.807) is 0 Å². The molecule has 6 atom stereocenters. The van der Waals surface area contributed by atoms with Crippen LogP contribution < -0.4 is 0 Å². The molecular weight excluding hydrogens is 228 g/mol. The van der Waals surface area contributed by atoms with Crippen molar-refractivity contribution in [3.63, 3.8) is 0 Å². The smallest absolute Gasteiger partial charge is 0.427 e. The Hall–Kier alpha value is -1.46. The SMILES string of the molecule is O=C1OC2CC3CC4OC(=O)OC4C3CC2O1. The molecule has 4 rings (SSSR count). The highest BCUT2D eigenvalue weighted by Gasteiger charge is 2.57. The van der Waals surface area contributed by atoms with E-state index in [1.807, 2.05) is 0 Å². The van der Waals surface area contributed by atoms with E-state index in [-0.39, 0.29) is 30.3 Å². The monoisotopic (exact) mass is 240 g/mol. The lowest BCUT2D eigenvalue weighted by Gasteiger charge is -2.32. The molecule has 0 bridgehead atoms. The molecule has 0 aromatic heterocycles. The Balaban J connectivity index is 1.56. The number of fused-ring (bicyclic) bond motifs is 4. The molecular formula is C11H12O6. The van der Waals surface area contributed by atoms with Gasteiger partial charge in [-0.3, -0.25) is 0 Å². The maximum absolute atomic E-state index is 11.1. The molecule has 92 valence electrons. The molecule has 6 nitrogen and oxygen atoms in total. The zero-order chi connectivity index (χ0) is 11.6. The third-order valence-corrected chi connectivity index (χ3v) is 4.36. The Morgan fingerprint density at radius 1 is 0.765 bits per heavy atom. The number of hydrogen-bond acceptors (Lipinski definition) is 6. The summed E-state index contributed by atoms with van der Waals surface area (Å²) in [5.41, 5.74) is 0. The zero-order valence-electron chi connectivity index (χ0n) is 9.03. The zero-order valence-corrected chi connectivity index (χ0v) is 9.03. The topological polar surface area (TPSA) is 71.1 Å². The Bertz CT molecular complexity index is 385. The highest BCUT2D eigenvalue weighted by molar-refractivity contribution is 5.63. The van der Waals surface area contributed by atoms with Gasteiger partial charge in [0.2, 0.25) is 0 Å². The second-order valence-electron chi connectivity index (χ2n) is 5.18. The summed E-state index contributed by atoms with van der Waals surface area (Å²) in [6, 6.07) is 0. The molecule has 6 heteroatoms. The fraction of sp³-hybridized carbons (Fsp3) is 0.818. The van der Waals surface area contributed by atoms with Crippen molar-refractivity contribution in [2.75, 3.05) is 0 Å². The normalized spacial score (nSPS) is 50.6. The first kappa shape index (κ1) is 9.56. The minimum atomic E-state index is -0.573. The van der Waals surface area contributed by atoms with E-state index in [2.05, 4.69) is 0 Å². The van der Waals surface area contributed by atoms with Gasteiger partial charge in [-0.15, -0.1) is 0 Å². The van der Waals surface area contributed by atoms with E-state index in [0.29, 0.717) is 12.3 Å². The fourth-order valence-electron chi connectivity index (χ4n) is 3.68. The molecule has 4 fully saturated rings. The summed E-state index contributed by atoms with van der Waals surface area (Å²) in [6.45, 7) is 0. The molecule has 0 aromatic rings. The van der Waals surface area contributed by atoms with Crippen molar-refractivity contribution in [3.8, 4) is 0 Å². The van der Waals surface area contributed by atoms with Crippen molar-refractivity contribution in [1.82, 2.24) is 0 Å². The molecule has 0 N–H and O–H groups in total. The van der Waals surface area contributed by atoms with Gasteiger partial charge in [0.05, 0.1) is 0 Å². The van der Waals surface area contributed by atoms with Gasteiger partial charge in [-0.1, -0.05) is 0 Å². The van der Waals surface area contributed by atoms with Crippen LogP contribution in [0.15, 0.2) is 0 Å². The Morgan fingerprint density at radius 3 is 2.18 bits per heavy atom. The van der Waals surface area contributed by atoms with Crippen LogP contribution in [0.1, 0.15) is 19.3 Å². The number of carbonyl (C=O) groups excluding carboxylic acids is 2. The Labute approximate surface area is 97.1 Å². The van der Waals surface area contributed by atoms with Gasteiger partial charge in [0.25, 0.3) is 0 Å². The molecule has 17 heavy (non-hydrogen) atoms.